The van der Waals surface area contributed by atoms with Gasteiger partial charge >= 0.3 is 0 Å². The van der Waals surface area contributed by atoms with Gasteiger partial charge in [-0.15, -0.1) is 0 Å². The summed E-state index contributed by atoms with van der Waals surface area (Å²) in [4.78, 5) is 14.5. The van der Waals surface area contributed by atoms with E-state index in [9.17, 15) is 15.3 Å². The standard InChI is InChI=1S/C19H17BrN4O3/c1-26-15-6-11(14(20)7-16(15)27-10-4-2-3-5-10)17-12(8-21)18(23)24-19(25)13(17)9-22/h6-7,10H,2-5H2,1H3,(H3,23,24,25). The summed E-state index contributed by atoms with van der Waals surface area (Å²) in [5.41, 5.74) is 5.60. The van der Waals surface area contributed by atoms with Gasteiger partial charge in [-0.3, -0.25) is 4.79 Å². The van der Waals surface area contributed by atoms with Crippen molar-refractivity contribution in [1.82, 2.24) is 4.98 Å². The highest BCUT2D eigenvalue weighted by molar-refractivity contribution is 9.10. The molecule has 1 fully saturated rings. The van der Waals surface area contributed by atoms with Gasteiger partial charge in [0.15, 0.2) is 11.5 Å². The number of nitrogens with two attached hydrogens (primary N) is 1. The molecule has 27 heavy (non-hydrogen) atoms. The third-order valence-electron chi connectivity index (χ3n) is 4.59. The molecule has 1 aromatic carbocycles. The van der Waals surface area contributed by atoms with Gasteiger partial charge in [0.05, 0.1) is 13.2 Å². The second kappa shape index (κ2) is 7.73. The van der Waals surface area contributed by atoms with Gasteiger partial charge in [-0.25, -0.2) is 0 Å². The highest BCUT2D eigenvalue weighted by atomic mass is 79.9. The van der Waals surface area contributed by atoms with E-state index in [1.165, 1.54) is 7.11 Å². The quantitative estimate of drug-likeness (QED) is 0.767. The lowest BCUT2D eigenvalue weighted by Gasteiger charge is -2.18. The number of H-pyrrole nitrogens is 1. The molecular formula is C19H17BrN4O3. The zero-order valence-electron chi connectivity index (χ0n) is 14.6. The van der Waals surface area contributed by atoms with Crippen LogP contribution in [0.4, 0.5) is 5.82 Å². The fraction of sp³-hybridized carbons (Fsp3) is 0.316. The SMILES string of the molecule is COc1cc(-c2c(C#N)c(N)[nH]c(=O)c2C#N)c(Br)cc1OC1CCCC1. The van der Waals surface area contributed by atoms with Crippen molar-refractivity contribution >= 4 is 21.7 Å². The van der Waals surface area contributed by atoms with Gasteiger partial charge in [0, 0.05) is 15.6 Å². The zero-order chi connectivity index (χ0) is 19.6. The lowest BCUT2D eigenvalue weighted by atomic mass is 9.96. The molecular weight excluding hydrogens is 412 g/mol. The average molecular weight is 429 g/mol. The van der Waals surface area contributed by atoms with Crippen molar-refractivity contribution in [2.45, 2.75) is 31.8 Å². The maximum Gasteiger partial charge on any atom is 0.268 e. The minimum absolute atomic E-state index is 0.0263. The molecule has 1 heterocycles. The summed E-state index contributed by atoms with van der Waals surface area (Å²) in [6, 6.07) is 7.19. The molecule has 0 unspecified atom stereocenters. The second-order valence-corrected chi connectivity index (χ2v) is 7.08. The number of benzene rings is 1. The molecule has 8 heteroatoms. The van der Waals surface area contributed by atoms with Crippen molar-refractivity contribution < 1.29 is 9.47 Å². The van der Waals surface area contributed by atoms with E-state index >= 15 is 0 Å². The second-order valence-electron chi connectivity index (χ2n) is 6.22. The van der Waals surface area contributed by atoms with E-state index < -0.39 is 5.56 Å². The van der Waals surface area contributed by atoms with Crippen molar-refractivity contribution in [2.75, 3.05) is 12.8 Å². The van der Waals surface area contributed by atoms with Crippen LogP contribution in [0.5, 0.6) is 11.5 Å². The summed E-state index contributed by atoms with van der Waals surface area (Å²) in [5.74, 6) is 0.926. The molecule has 0 saturated heterocycles. The van der Waals surface area contributed by atoms with Gasteiger partial charge in [0.25, 0.3) is 5.56 Å². The number of rotatable bonds is 4. The summed E-state index contributed by atoms with van der Waals surface area (Å²) < 4.78 is 12.1. The fourth-order valence-electron chi connectivity index (χ4n) is 3.28. The lowest BCUT2D eigenvalue weighted by molar-refractivity contribution is 0.200. The van der Waals surface area contributed by atoms with Crippen molar-refractivity contribution in [3.63, 3.8) is 0 Å². The van der Waals surface area contributed by atoms with Crippen LogP contribution in [0.3, 0.4) is 0 Å². The van der Waals surface area contributed by atoms with E-state index in [2.05, 4.69) is 20.9 Å². The molecule has 7 nitrogen and oxygen atoms in total. The molecule has 3 rings (SSSR count). The third-order valence-corrected chi connectivity index (χ3v) is 5.24. The average Bonchev–Trinajstić information content (AvgIpc) is 3.14. The van der Waals surface area contributed by atoms with Crippen molar-refractivity contribution in [2.24, 2.45) is 0 Å². The van der Waals surface area contributed by atoms with Crippen molar-refractivity contribution in [3.8, 4) is 34.8 Å². The molecule has 1 aliphatic carbocycles. The molecule has 0 atom stereocenters. The van der Waals surface area contributed by atoms with E-state index in [0.29, 0.717) is 21.5 Å². The molecule has 0 aliphatic heterocycles. The first-order chi connectivity index (χ1) is 13.0. The fourth-order valence-corrected chi connectivity index (χ4v) is 3.80. The molecule has 1 aliphatic rings. The van der Waals surface area contributed by atoms with E-state index in [1.807, 2.05) is 12.1 Å². The Labute approximate surface area is 164 Å². The summed E-state index contributed by atoms with van der Waals surface area (Å²) in [6.07, 6.45) is 4.38. The maximum absolute atomic E-state index is 12.2. The van der Waals surface area contributed by atoms with Crippen LogP contribution in [0.25, 0.3) is 11.1 Å². The van der Waals surface area contributed by atoms with E-state index in [-0.39, 0.29) is 28.6 Å². The van der Waals surface area contributed by atoms with E-state index in [4.69, 9.17) is 15.2 Å². The highest BCUT2D eigenvalue weighted by Gasteiger charge is 2.24. The minimum Gasteiger partial charge on any atom is -0.493 e. The van der Waals surface area contributed by atoms with Crippen molar-refractivity contribution in [3.05, 3.63) is 38.1 Å². The number of nitrogens with one attached hydrogen (secondary N) is 1. The first-order valence-electron chi connectivity index (χ1n) is 8.40. The number of anilines is 1. The lowest BCUT2D eigenvalue weighted by Crippen LogP contribution is -2.16. The van der Waals surface area contributed by atoms with Gasteiger partial charge in [-0.2, -0.15) is 10.5 Å². The summed E-state index contributed by atoms with van der Waals surface area (Å²) >= 11 is 3.47. The van der Waals surface area contributed by atoms with Crippen LogP contribution in [0.1, 0.15) is 36.8 Å². The van der Waals surface area contributed by atoms with Gasteiger partial charge in [-0.05, 0) is 37.8 Å². The number of nitrogens with zero attached hydrogens (tertiary/aromatic N) is 2. The first-order valence-corrected chi connectivity index (χ1v) is 9.20. The largest absolute Gasteiger partial charge is 0.493 e. The Balaban J connectivity index is 2.20. The van der Waals surface area contributed by atoms with Gasteiger partial charge < -0.3 is 20.2 Å². The predicted molar refractivity (Wildman–Crippen MR) is 103 cm³/mol. The highest BCUT2D eigenvalue weighted by Crippen LogP contribution is 2.42. The summed E-state index contributed by atoms with van der Waals surface area (Å²) in [5, 5.41) is 18.9. The number of methoxy groups -OCH3 is 1. The Morgan fingerprint density at radius 3 is 2.44 bits per heavy atom. The van der Waals surface area contributed by atoms with Gasteiger partial charge in [-0.1, -0.05) is 15.9 Å². The third kappa shape index (κ3) is 3.49. The summed E-state index contributed by atoms with van der Waals surface area (Å²) in [7, 11) is 1.51. The van der Waals surface area contributed by atoms with Crippen LogP contribution in [-0.2, 0) is 0 Å². The predicted octanol–water partition coefficient (Wildman–Crippen LogP) is 3.46. The maximum atomic E-state index is 12.2. The normalized spacial score (nSPS) is 13.8. The minimum atomic E-state index is -0.652. The number of nitrogen functional groups attached to an aromatic ring is 1. The summed E-state index contributed by atoms with van der Waals surface area (Å²) in [6.45, 7) is 0. The number of hydrogen-bond donors (Lipinski definition) is 2. The number of pyridine rings is 1. The number of ether oxygens (including phenoxy) is 2. The van der Waals surface area contributed by atoms with Gasteiger partial charge in [0.2, 0.25) is 0 Å². The Morgan fingerprint density at radius 2 is 1.85 bits per heavy atom. The molecule has 2 aromatic rings. The number of halogens is 1. The Bertz CT molecular complexity index is 1030. The van der Waals surface area contributed by atoms with Crippen LogP contribution in [0, 0.1) is 22.7 Å². The van der Waals surface area contributed by atoms with E-state index in [0.717, 1.165) is 25.7 Å². The molecule has 0 bridgehead atoms. The number of hydrogen-bond acceptors (Lipinski definition) is 6. The molecule has 3 N–H and O–H groups in total. The molecule has 0 spiro atoms. The Hall–Kier alpha value is -2.97. The Morgan fingerprint density at radius 1 is 1.19 bits per heavy atom. The monoisotopic (exact) mass is 428 g/mol. The molecule has 1 saturated carbocycles. The van der Waals surface area contributed by atoms with Crippen LogP contribution in [0.2, 0.25) is 0 Å². The number of aromatic nitrogens is 1. The van der Waals surface area contributed by atoms with Gasteiger partial charge in [0.1, 0.15) is 29.1 Å². The number of nitriles is 2. The molecule has 138 valence electrons. The smallest absolute Gasteiger partial charge is 0.268 e. The van der Waals surface area contributed by atoms with Crippen molar-refractivity contribution in [1.29, 1.82) is 10.5 Å². The molecule has 0 amide bonds. The first kappa shape index (κ1) is 18.8. The van der Waals surface area contributed by atoms with Crippen LogP contribution in [-0.4, -0.2) is 18.2 Å². The molecule has 0 radical (unpaired) electrons. The van der Waals surface area contributed by atoms with Crippen LogP contribution in [0.15, 0.2) is 21.4 Å². The number of aromatic amines is 1. The van der Waals surface area contributed by atoms with Crippen LogP contribution < -0.4 is 20.8 Å². The topological polar surface area (TPSA) is 125 Å². The molecule has 1 aromatic heterocycles. The van der Waals surface area contributed by atoms with E-state index in [1.54, 1.807) is 12.1 Å². The zero-order valence-corrected chi connectivity index (χ0v) is 16.2. The Kier molecular flexibility index (Phi) is 5.38. The van der Waals surface area contributed by atoms with Crippen LogP contribution >= 0.6 is 15.9 Å².